The summed E-state index contributed by atoms with van der Waals surface area (Å²) in [4.78, 5) is 20.7. The third-order valence-electron chi connectivity index (χ3n) is 0.995. The fourth-order valence-electron chi connectivity index (χ4n) is 0.389. The van der Waals surface area contributed by atoms with Gasteiger partial charge in [0.1, 0.15) is 0 Å². The summed E-state index contributed by atoms with van der Waals surface area (Å²) >= 11 is 0. The van der Waals surface area contributed by atoms with Crippen LogP contribution in [0.3, 0.4) is 0 Å². The standard InChI is InChI=1S/C6H12N3O2/c1-2-6(11)9-8-4-3-5(7)10/h2-4H2,1H3,(H2,7,10)(H,9,11). The van der Waals surface area contributed by atoms with Crippen LogP contribution >= 0.6 is 0 Å². The van der Waals surface area contributed by atoms with E-state index < -0.39 is 5.91 Å². The van der Waals surface area contributed by atoms with Crippen molar-refractivity contribution in [2.24, 2.45) is 5.73 Å². The molecule has 0 heterocycles. The van der Waals surface area contributed by atoms with Gasteiger partial charge in [-0.1, -0.05) is 6.92 Å². The minimum Gasteiger partial charge on any atom is -0.370 e. The van der Waals surface area contributed by atoms with E-state index >= 15 is 0 Å². The molecule has 0 unspecified atom stereocenters. The van der Waals surface area contributed by atoms with E-state index in [2.05, 4.69) is 10.9 Å². The van der Waals surface area contributed by atoms with Gasteiger partial charge in [0, 0.05) is 19.4 Å². The molecule has 0 saturated heterocycles. The average Bonchev–Trinajstić information content (AvgIpc) is 1.97. The summed E-state index contributed by atoms with van der Waals surface area (Å²) in [6, 6.07) is 0. The maximum Gasteiger partial charge on any atom is 0.235 e. The van der Waals surface area contributed by atoms with Crippen LogP contribution < -0.4 is 16.6 Å². The molecule has 11 heavy (non-hydrogen) atoms. The lowest BCUT2D eigenvalue weighted by molar-refractivity contribution is -0.122. The summed E-state index contributed by atoms with van der Waals surface area (Å²) in [7, 11) is 0. The molecule has 0 aliphatic rings. The molecule has 0 bridgehead atoms. The highest BCUT2D eigenvalue weighted by molar-refractivity contribution is 5.75. The second kappa shape index (κ2) is 5.67. The number of nitrogens with zero attached hydrogens (tertiary/aromatic N) is 1. The summed E-state index contributed by atoms with van der Waals surface area (Å²) in [6.45, 7) is 1.97. The Morgan fingerprint density at radius 2 is 2.18 bits per heavy atom. The number of rotatable bonds is 5. The highest BCUT2D eigenvalue weighted by atomic mass is 16.2. The zero-order chi connectivity index (χ0) is 8.69. The van der Waals surface area contributed by atoms with Crippen LogP contribution in [0.15, 0.2) is 0 Å². The summed E-state index contributed by atoms with van der Waals surface area (Å²) in [5, 5.41) is 0. The average molecular weight is 158 g/mol. The van der Waals surface area contributed by atoms with Gasteiger partial charge in [-0.05, 0) is 0 Å². The molecule has 0 rings (SSSR count). The molecular formula is C6H12N3O2. The van der Waals surface area contributed by atoms with Crippen molar-refractivity contribution in [1.29, 1.82) is 0 Å². The van der Waals surface area contributed by atoms with E-state index in [4.69, 9.17) is 5.73 Å². The highest BCUT2D eigenvalue weighted by Crippen LogP contribution is 1.74. The van der Waals surface area contributed by atoms with Crippen LogP contribution in [0.4, 0.5) is 0 Å². The molecule has 63 valence electrons. The highest BCUT2D eigenvalue weighted by Gasteiger charge is 1.97. The molecule has 0 atom stereocenters. The van der Waals surface area contributed by atoms with Crippen LogP contribution in [0.1, 0.15) is 19.8 Å². The van der Waals surface area contributed by atoms with Gasteiger partial charge in [-0.3, -0.25) is 15.0 Å². The second-order valence-corrected chi connectivity index (χ2v) is 1.99. The number of nitrogens with one attached hydrogen (secondary N) is 1. The lowest BCUT2D eigenvalue weighted by Gasteiger charge is -2.00. The molecule has 5 nitrogen and oxygen atoms in total. The normalized spacial score (nSPS) is 9.18. The van der Waals surface area contributed by atoms with Gasteiger partial charge in [-0.2, -0.15) is 0 Å². The largest absolute Gasteiger partial charge is 0.370 e. The zero-order valence-corrected chi connectivity index (χ0v) is 6.46. The SMILES string of the molecule is CCC(=O)N[N]CCC(N)=O. The second-order valence-electron chi connectivity index (χ2n) is 1.99. The molecule has 0 aliphatic carbocycles. The van der Waals surface area contributed by atoms with Gasteiger partial charge in [0.15, 0.2) is 0 Å². The number of primary amides is 1. The minimum atomic E-state index is -0.417. The first kappa shape index (κ1) is 9.90. The molecule has 0 aromatic heterocycles. The number of amides is 2. The number of hydrogen-bond donors (Lipinski definition) is 2. The van der Waals surface area contributed by atoms with Crippen molar-refractivity contribution in [2.75, 3.05) is 6.54 Å². The molecular weight excluding hydrogens is 146 g/mol. The molecule has 0 aromatic carbocycles. The summed E-state index contributed by atoms with van der Waals surface area (Å²) in [5.74, 6) is -0.575. The molecule has 0 aliphatic heterocycles. The summed E-state index contributed by atoms with van der Waals surface area (Å²) in [5.41, 5.74) is 10.7. The zero-order valence-electron chi connectivity index (χ0n) is 6.46. The van der Waals surface area contributed by atoms with Gasteiger partial charge in [0.2, 0.25) is 11.8 Å². The van der Waals surface area contributed by atoms with Gasteiger partial charge in [0.25, 0.3) is 0 Å². The first-order valence-electron chi connectivity index (χ1n) is 3.40. The minimum absolute atomic E-state index is 0.158. The van der Waals surface area contributed by atoms with Crippen molar-refractivity contribution < 1.29 is 9.59 Å². The van der Waals surface area contributed by atoms with E-state index in [9.17, 15) is 9.59 Å². The number of nitrogens with two attached hydrogens (primary N) is 1. The van der Waals surface area contributed by atoms with Crippen molar-refractivity contribution in [3.05, 3.63) is 0 Å². The first-order chi connectivity index (χ1) is 5.16. The quantitative estimate of drug-likeness (QED) is 0.393. The summed E-state index contributed by atoms with van der Waals surface area (Å²) < 4.78 is 0. The maximum absolute atomic E-state index is 10.5. The van der Waals surface area contributed by atoms with Gasteiger partial charge in [-0.15, -0.1) is 5.43 Å². The lowest BCUT2D eigenvalue weighted by atomic mass is 10.4. The number of carbonyl (C=O) groups is 2. The van der Waals surface area contributed by atoms with Crippen molar-refractivity contribution >= 4 is 11.8 Å². The van der Waals surface area contributed by atoms with Crippen LogP contribution in [-0.4, -0.2) is 18.4 Å². The Morgan fingerprint density at radius 3 is 2.64 bits per heavy atom. The Kier molecular flexibility index (Phi) is 5.10. The van der Waals surface area contributed by atoms with Gasteiger partial charge in [0.05, 0.1) is 0 Å². The lowest BCUT2D eigenvalue weighted by Crippen LogP contribution is -2.32. The fraction of sp³-hybridized carbons (Fsp3) is 0.667. The Labute approximate surface area is 65.3 Å². The molecule has 0 spiro atoms. The van der Waals surface area contributed by atoms with Gasteiger partial charge >= 0.3 is 0 Å². The van der Waals surface area contributed by atoms with Gasteiger partial charge in [-0.25, -0.2) is 0 Å². The predicted octanol–water partition coefficient (Wildman–Crippen LogP) is -1.09. The van der Waals surface area contributed by atoms with E-state index in [1.807, 2.05) is 0 Å². The molecule has 2 amide bonds. The molecule has 5 heteroatoms. The van der Waals surface area contributed by atoms with Crippen molar-refractivity contribution in [3.63, 3.8) is 0 Å². The third kappa shape index (κ3) is 6.79. The van der Waals surface area contributed by atoms with E-state index in [1.54, 1.807) is 6.92 Å². The molecule has 0 aromatic rings. The molecule has 0 fully saturated rings. The van der Waals surface area contributed by atoms with Crippen LogP contribution in [0, 0.1) is 0 Å². The molecule has 0 saturated carbocycles. The predicted molar refractivity (Wildman–Crippen MR) is 39.2 cm³/mol. The smallest absolute Gasteiger partial charge is 0.235 e. The topological polar surface area (TPSA) is 86.3 Å². The van der Waals surface area contributed by atoms with Gasteiger partial charge < -0.3 is 5.73 Å². The van der Waals surface area contributed by atoms with E-state index in [-0.39, 0.29) is 18.9 Å². The monoisotopic (exact) mass is 158 g/mol. The van der Waals surface area contributed by atoms with E-state index in [1.165, 1.54) is 0 Å². The maximum atomic E-state index is 10.5. The van der Waals surface area contributed by atoms with Crippen LogP contribution in [0.5, 0.6) is 0 Å². The van der Waals surface area contributed by atoms with Crippen molar-refractivity contribution in [1.82, 2.24) is 10.9 Å². The Balaban J connectivity index is 3.14. The number of carbonyl (C=O) groups excluding carboxylic acids is 2. The third-order valence-corrected chi connectivity index (χ3v) is 0.995. The Bertz CT molecular complexity index is 147. The summed E-state index contributed by atoms with van der Waals surface area (Å²) in [6.07, 6.45) is 0.560. The first-order valence-corrected chi connectivity index (χ1v) is 3.40. The molecule has 1 radical (unpaired) electrons. The fourth-order valence-corrected chi connectivity index (χ4v) is 0.389. The van der Waals surface area contributed by atoms with E-state index in [0.29, 0.717) is 6.42 Å². The van der Waals surface area contributed by atoms with Crippen molar-refractivity contribution in [2.45, 2.75) is 19.8 Å². The van der Waals surface area contributed by atoms with Crippen LogP contribution in [0.2, 0.25) is 0 Å². The number of hydrogen-bond acceptors (Lipinski definition) is 2. The Morgan fingerprint density at radius 1 is 1.55 bits per heavy atom. The molecule has 3 N–H and O–H groups in total. The Hall–Kier alpha value is -1.10. The van der Waals surface area contributed by atoms with Crippen molar-refractivity contribution in [3.8, 4) is 0 Å². The van der Waals surface area contributed by atoms with Crippen LogP contribution in [0.25, 0.3) is 0 Å². The van der Waals surface area contributed by atoms with E-state index in [0.717, 1.165) is 0 Å². The van der Waals surface area contributed by atoms with Crippen LogP contribution in [-0.2, 0) is 9.59 Å².